The van der Waals surface area contributed by atoms with Crippen LogP contribution in [-0.2, 0) is 25.6 Å². The molecule has 2 aromatic carbocycles. The molecule has 2 unspecified atom stereocenters. The Morgan fingerprint density at radius 1 is 1.03 bits per heavy atom. The quantitative estimate of drug-likeness (QED) is 0.387. The fourth-order valence-corrected chi connectivity index (χ4v) is 6.39. The van der Waals surface area contributed by atoms with Crippen LogP contribution in [0.3, 0.4) is 0 Å². The average molecular weight is 564 g/mol. The minimum Gasteiger partial charge on any atom is -0.427 e. The number of hydroxylamine groups is 2. The van der Waals surface area contributed by atoms with Crippen molar-refractivity contribution in [3.63, 3.8) is 0 Å². The molecule has 0 aliphatic carbocycles. The number of nitrogens with zero attached hydrogens (tertiary/aromatic N) is 3. The van der Waals surface area contributed by atoms with Gasteiger partial charge in [-0.05, 0) is 63.4 Å². The van der Waals surface area contributed by atoms with Crippen LogP contribution in [-0.4, -0.2) is 55.9 Å². The summed E-state index contributed by atoms with van der Waals surface area (Å²) < 4.78 is 71.1. The van der Waals surface area contributed by atoms with Crippen molar-refractivity contribution in [1.82, 2.24) is 10.0 Å². The van der Waals surface area contributed by atoms with Gasteiger partial charge in [-0.2, -0.15) is 13.2 Å². The fraction of sp³-hybridized carbons (Fsp3) is 0.407. The van der Waals surface area contributed by atoms with Crippen molar-refractivity contribution >= 4 is 32.6 Å². The Morgan fingerprint density at radius 3 is 2.49 bits per heavy atom. The summed E-state index contributed by atoms with van der Waals surface area (Å²) in [5.74, 6) is 0.253. The predicted molar refractivity (Wildman–Crippen MR) is 137 cm³/mol. The van der Waals surface area contributed by atoms with Crippen molar-refractivity contribution in [3.8, 4) is 0 Å². The molecule has 0 saturated carbocycles. The van der Waals surface area contributed by atoms with E-state index in [2.05, 4.69) is 9.88 Å². The topological polar surface area (TPSA) is 89.0 Å². The van der Waals surface area contributed by atoms with Gasteiger partial charge in [-0.1, -0.05) is 18.2 Å². The molecule has 2 fully saturated rings. The monoisotopic (exact) mass is 563 g/mol. The Hall–Kier alpha value is -3.38. The van der Waals surface area contributed by atoms with E-state index in [1.165, 1.54) is 12.3 Å². The number of ether oxygens (including phenoxy) is 1. The van der Waals surface area contributed by atoms with Crippen LogP contribution < -0.4 is 4.90 Å². The second kappa shape index (κ2) is 9.67. The van der Waals surface area contributed by atoms with Crippen LogP contribution in [0.1, 0.15) is 32.8 Å². The lowest BCUT2D eigenvalue weighted by atomic mass is 10.1. The van der Waals surface area contributed by atoms with Crippen molar-refractivity contribution in [2.24, 2.45) is 5.92 Å². The molecule has 39 heavy (non-hydrogen) atoms. The second-order valence-corrected chi connectivity index (χ2v) is 12.7. The average Bonchev–Trinajstić information content (AvgIpc) is 3.43. The van der Waals surface area contributed by atoms with Crippen molar-refractivity contribution in [3.05, 3.63) is 60.3 Å². The summed E-state index contributed by atoms with van der Waals surface area (Å²) in [6, 6.07) is 10.4. The number of alkyl halides is 3. The largest absolute Gasteiger partial charge is 0.528 e. The SMILES string of the molecule is CC(C)(C)OC(=O)ON1CCC2CN(c3cccc4cc(S(=O)(=O)c5cccc(C(F)(F)F)c5)cnc34)CC21. The Bertz CT molecular complexity index is 1520. The predicted octanol–water partition coefficient (Wildman–Crippen LogP) is 5.46. The molecule has 8 nitrogen and oxygen atoms in total. The summed E-state index contributed by atoms with van der Waals surface area (Å²) in [6.45, 7) is 7.17. The lowest BCUT2D eigenvalue weighted by molar-refractivity contribution is -0.149. The zero-order chi connectivity index (χ0) is 28.2. The van der Waals surface area contributed by atoms with Gasteiger partial charge >= 0.3 is 12.3 Å². The molecule has 12 heteroatoms. The molecular weight excluding hydrogens is 535 g/mol. The first kappa shape index (κ1) is 27.2. The minimum absolute atomic E-state index is 0.0339. The summed E-state index contributed by atoms with van der Waals surface area (Å²) in [5.41, 5.74) is -0.342. The maximum Gasteiger partial charge on any atom is 0.528 e. The van der Waals surface area contributed by atoms with Crippen LogP contribution in [0, 0.1) is 5.92 Å². The van der Waals surface area contributed by atoms with Crippen LogP contribution >= 0.6 is 0 Å². The van der Waals surface area contributed by atoms with Crippen LogP contribution in [0.15, 0.2) is 64.5 Å². The number of benzene rings is 2. The van der Waals surface area contributed by atoms with E-state index in [9.17, 15) is 26.4 Å². The third-order valence-electron chi connectivity index (χ3n) is 6.87. The molecule has 0 spiro atoms. The second-order valence-electron chi connectivity index (χ2n) is 10.8. The van der Waals surface area contributed by atoms with E-state index < -0.39 is 38.2 Å². The molecule has 0 bridgehead atoms. The lowest BCUT2D eigenvalue weighted by Crippen LogP contribution is -2.38. The number of halogens is 3. The van der Waals surface area contributed by atoms with E-state index in [1.54, 1.807) is 38.0 Å². The Balaban J connectivity index is 1.38. The van der Waals surface area contributed by atoms with Crippen molar-refractivity contribution in [1.29, 1.82) is 0 Å². The molecular formula is C27H28F3N3O5S. The van der Waals surface area contributed by atoms with Gasteiger partial charge in [0.1, 0.15) is 5.60 Å². The van der Waals surface area contributed by atoms with Gasteiger partial charge in [-0.25, -0.2) is 13.2 Å². The van der Waals surface area contributed by atoms with Gasteiger partial charge in [0.05, 0.1) is 32.6 Å². The number of rotatable bonds is 4. The van der Waals surface area contributed by atoms with Gasteiger partial charge in [0.15, 0.2) is 0 Å². The smallest absolute Gasteiger partial charge is 0.427 e. The van der Waals surface area contributed by atoms with Gasteiger partial charge in [0.25, 0.3) is 0 Å². The van der Waals surface area contributed by atoms with Crippen molar-refractivity contribution in [2.45, 2.75) is 54.8 Å². The molecule has 208 valence electrons. The van der Waals surface area contributed by atoms with Crippen molar-refractivity contribution < 1.29 is 36.0 Å². The normalized spacial score (nSPS) is 20.3. The molecule has 0 radical (unpaired) electrons. The zero-order valence-corrected chi connectivity index (χ0v) is 22.4. The van der Waals surface area contributed by atoms with Crippen LogP contribution in [0.4, 0.5) is 23.7 Å². The van der Waals surface area contributed by atoms with Gasteiger partial charge in [0, 0.05) is 31.2 Å². The first-order valence-electron chi connectivity index (χ1n) is 12.5. The first-order valence-corrected chi connectivity index (χ1v) is 13.9. The van der Waals surface area contributed by atoms with Crippen LogP contribution in [0.2, 0.25) is 0 Å². The van der Waals surface area contributed by atoms with E-state index in [4.69, 9.17) is 9.57 Å². The number of carbonyl (C=O) groups excluding carboxylic acids is 1. The zero-order valence-electron chi connectivity index (χ0n) is 21.6. The Morgan fingerprint density at radius 2 is 1.77 bits per heavy atom. The Labute approximate surface area is 224 Å². The first-order chi connectivity index (χ1) is 18.2. The van der Waals surface area contributed by atoms with E-state index in [1.807, 2.05) is 6.07 Å². The summed E-state index contributed by atoms with van der Waals surface area (Å²) in [4.78, 5) is 23.6. The number of fused-ring (bicyclic) bond motifs is 2. The Kier molecular flexibility index (Phi) is 6.74. The minimum atomic E-state index is -4.66. The van der Waals surface area contributed by atoms with Crippen LogP contribution in [0.5, 0.6) is 0 Å². The van der Waals surface area contributed by atoms with E-state index in [0.29, 0.717) is 36.6 Å². The van der Waals surface area contributed by atoms with Gasteiger partial charge in [-0.3, -0.25) is 4.98 Å². The summed E-state index contributed by atoms with van der Waals surface area (Å²) in [6.07, 6.45) is -3.40. The third kappa shape index (κ3) is 5.53. The molecule has 3 heterocycles. The summed E-state index contributed by atoms with van der Waals surface area (Å²) in [7, 11) is -4.23. The summed E-state index contributed by atoms with van der Waals surface area (Å²) in [5, 5.41) is 2.20. The number of carbonyl (C=O) groups is 1. The number of sulfone groups is 1. The highest BCUT2D eigenvalue weighted by Gasteiger charge is 2.44. The van der Waals surface area contributed by atoms with E-state index in [0.717, 1.165) is 30.3 Å². The highest BCUT2D eigenvalue weighted by molar-refractivity contribution is 7.91. The van der Waals surface area contributed by atoms with Crippen molar-refractivity contribution in [2.75, 3.05) is 24.5 Å². The highest BCUT2D eigenvalue weighted by atomic mass is 32.2. The molecule has 2 saturated heterocycles. The summed E-state index contributed by atoms with van der Waals surface area (Å²) >= 11 is 0. The maximum absolute atomic E-state index is 13.2. The molecule has 2 atom stereocenters. The third-order valence-corrected chi connectivity index (χ3v) is 8.58. The molecule has 2 aliphatic heterocycles. The van der Waals surface area contributed by atoms with Gasteiger partial charge in [-0.15, -0.1) is 5.06 Å². The molecule has 5 rings (SSSR count). The highest BCUT2D eigenvalue weighted by Crippen LogP contribution is 2.38. The number of pyridine rings is 1. The van der Waals surface area contributed by atoms with Crippen LogP contribution in [0.25, 0.3) is 10.9 Å². The number of hydrogen-bond donors (Lipinski definition) is 0. The number of anilines is 1. The maximum atomic E-state index is 13.2. The molecule has 1 aromatic heterocycles. The van der Waals surface area contributed by atoms with E-state index in [-0.39, 0.29) is 16.9 Å². The molecule has 0 amide bonds. The number of aromatic nitrogens is 1. The van der Waals surface area contributed by atoms with Gasteiger partial charge < -0.3 is 14.5 Å². The van der Waals surface area contributed by atoms with Gasteiger partial charge in [0.2, 0.25) is 9.84 Å². The lowest BCUT2D eigenvalue weighted by Gasteiger charge is -2.26. The molecule has 2 aliphatic rings. The van der Waals surface area contributed by atoms with E-state index >= 15 is 0 Å². The number of hydrogen-bond acceptors (Lipinski definition) is 8. The number of para-hydroxylation sites is 1. The fourth-order valence-electron chi connectivity index (χ4n) is 5.10. The molecule has 3 aromatic rings. The molecule has 0 N–H and O–H groups in total. The standard InChI is InChI=1S/C27H28F3N3O5S/c1-26(2,3)37-25(34)38-33-11-10-18-15-32(16-23(18)33)22-9-4-6-17-12-21(14-31-24(17)22)39(35,36)20-8-5-7-19(13-20)27(28,29)30/h4-9,12-14,18,23H,10-11,15-16H2,1-3H3.